The Hall–Kier alpha value is -9.25. The zero-order valence-electron chi connectivity index (χ0n) is 37.5. The van der Waals surface area contributed by atoms with Crippen LogP contribution in [-0.2, 0) is 0 Å². The van der Waals surface area contributed by atoms with Gasteiger partial charge in [0, 0.05) is 60.5 Å². The quantitative estimate of drug-likeness (QED) is 0.157. The fourth-order valence-electron chi connectivity index (χ4n) is 10.9. The van der Waals surface area contributed by atoms with Crippen LogP contribution < -0.4 is 0 Å². The van der Waals surface area contributed by atoms with Crippen molar-refractivity contribution in [1.29, 1.82) is 0 Å². The Morgan fingerprint density at radius 1 is 0.203 bits per heavy atom. The van der Waals surface area contributed by atoms with E-state index in [1.807, 2.05) is 0 Å². The molecule has 14 aromatic rings. The van der Waals surface area contributed by atoms with E-state index in [1.54, 1.807) is 0 Å². The molecule has 4 heterocycles. The predicted molar refractivity (Wildman–Crippen MR) is 289 cm³/mol. The second kappa shape index (κ2) is 15.7. The molecular formula is C65H42N4. The van der Waals surface area contributed by atoms with Crippen LogP contribution in [0, 0.1) is 0 Å². The number of para-hydroxylation sites is 6. The molecule has 0 aliphatic heterocycles. The van der Waals surface area contributed by atoms with E-state index in [4.69, 9.17) is 4.98 Å². The van der Waals surface area contributed by atoms with Gasteiger partial charge in [0.1, 0.15) is 0 Å². The zero-order chi connectivity index (χ0) is 45.4. The zero-order valence-corrected chi connectivity index (χ0v) is 37.5. The highest BCUT2D eigenvalue weighted by atomic mass is 15.0. The van der Waals surface area contributed by atoms with Crippen molar-refractivity contribution in [1.82, 2.24) is 18.7 Å². The summed E-state index contributed by atoms with van der Waals surface area (Å²) in [6, 6.07) is 92.3. The second-order valence-electron chi connectivity index (χ2n) is 18.0. The fourth-order valence-corrected chi connectivity index (χ4v) is 10.9. The van der Waals surface area contributed by atoms with Crippen LogP contribution in [-0.4, -0.2) is 18.7 Å². The molecule has 0 N–H and O–H groups in total. The standard InChI is InChI=1S/C65H42N4/c1-2-17-43(18-3-1)47-40-58(46-20-16-19-45(37-46)44-33-35-49(36-34-44)67-60-27-10-4-21-52(60)53-22-5-11-28-61(53)67)66-59(41-47)48-38-50(68-62-29-12-6-23-54(62)55-24-7-13-30-63(55)68)42-51(39-48)69-64-31-14-8-25-56(64)57-26-9-15-32-65(57)69/h1-42H. The molecule has 4 nitrogen and oxygen atoms in total. The number of rotatable bonds is 7. The molecule has 10 aromatic carbocycles. The van der Waals surface area contributed by atoms with Crippen molar-refractivity contribution >= 4 is 65.4 Å². The third-order valence-corrected chi connectivity index (χ3v) is 14.0. The lowest BCUT2D eigenvalue weighted by molar-refractivity contribution is 1.13. The van der Waals surface area contributed by atoms with E-state index in [1.165, 1.54) is 43.4 Å². The molecule has 4 heteroatoms. The highest BCUT2D eigenvalue weighted by Crippen LogP contribution is 2.40. The lowest BCUT2D eigenvalue weighted by Gasteiger charge is -2.17. The molecule has 0 radical (unpaired) electrons. The monoisotopic (exact) mass is 878 g/mol. The number of fused-ring (bicyclic) bond motifs is 9. The van der Waals surface area contributed by atoms with Gasteiger partial charge in [0.05, 0.1) is 44.5 Å². The number of hydrogen-bond donors (Lipinski definition) is 0. The number of aromatic nitrogens is 4. The highest BCUT2D eigenvalue weighted by molar-refractivity contribution is 6.11. The first-order valence-electron chi connectivity index (χ1n) is 23.6. The lowest BCUT2D eigenvalue weighted by Crippen LogP contribution is -2.01. The van der Waals surface area contributed by atoms with E-state index in [0.29, 0.717) is 0 Å². The van der Waals surface area contributed by atoms with E-state index >= 15 is 0 Å². The van der Waals surface area contributed by atoms with Crippen molar-refractivity contribution < 1.29 is 0 Å². The van der Waals surface area contributed by atoms with Crippen molar-refractivity contribution in [2.24, 2.45) is 0 Å². The van der Waals surface area contributed by atoms with Gasteiger partial charge in [-0.25, -0.2) is 4.98 Å². The number of hydrogen-bond acceptors (Lipinski definition) is 1. The Morgan fingerprint density at radius 2 is 0.551 bits per heavy atom. The molecule has 0 bridgehead atoms. The summed E-state index contributed by atoms with van der Waals surface area (Å²) >= 11 is 0. The molecule has 0 saturated carbocycles. The Bertz CT molecular complexity index is 4010. The van der Waals surface area contributed by atoms with Gasteiger partial charge < -0.3 is 13.7 Å². The molecular weight excluding hydrogens is 837 g/mol. The maximum atomic E-state index is 5.61. The summed E-state index contributed by atoms with van der Waals surface area (Å²) in [5.74, 6) is 0. The minimum atomic E-state index is 0.900. The van der Waals surface area contributed by atoms with E-state index in [-0.39, 0.29) is 0 Å². The van der Waals surface area contributed by atoms with Gasteiger partial charge in [-0.2, -0.15) is 0 Å². The van der Waals surface area contributed by atoms with Crippen molar-refractivity contribution in [3.8, 4) is 61.8 Å². The summed E-state index contributed by atoms with van der Waals surface area (Å²) in [6.45, 7) is 0. The van der Waals surface area contributed by atoms with Gasteiger partial charge in [-0.3, -0.25) is 0 Å². The molecule has 0 atom stereocenters. The third kappa shape index (κ3) is 6.34. The summed E-state index contributed by atoms with van der Waals surface area (Å²) in [5, 5.41) is 7.43. The van der Waals surface area contributed by atoms with Crippen LogP contribution in [0.2, 0.25) is 0 Å². The molecule has 322 valence electrons. The normalized spacial score (nSPS) is 11.8. The Morgan fingerprint density at radius 3 is 1.00 bits per heavy atom. The van der Waals surface area contributed by atoms with Gasteiger partial charge in [-0.15, -0.1) is 0 Å². The van der Waals surface area contributed by atoms with Crippen molar-refractivity contribution in [2.45, 2.75) is 0 Å². The molecule has 0 unspecified atom stereocenters. The average Bonchev–Trinajstić information content (AvgIpc) is 4.07. The van der Waals surface area contributed by atoms with Crippen LogP contribution in [0.4, 0.5) is 0 Å². The fraction of sp³-hybridized carbons (Fsp3) is 0. The first-order valence-corrected chi connectivity index (χ1v) is 23.6. The van der Waals surface area contributed by atoms with E-state index in [0.717, 1.165) is 83.9 Å². The van der Waals surface area contributed by atoms with Crippen molar-refractivity contribution in [3.63, 3.8) is 0 Å². The van der Waals surface area contributed by atoms with E-state index in [9.17, 15) is 0 Å². The summed E-state index contributed by atoms with van der Waals surface area (Å²) in [6.07, 6.45) is 0. The summed E-state index contributed by atoms with van der Waals surface area (Å²) in [7, 11) is 0. The third-order valence-electron chi connectivity index (χ3n) is 14.0. The minimum absolute atomic E-state index is 0.900. The van der Waals surface area contributed by atoms with Gasteiger partial charge in [-0.1, -0.05) is 170 Å². The molecule has 0 aliphatic carbocycles. The highest BCUT2D eigenvalue weighted by Gasteiger charge is 2.19. The van der Waals surface area contributed by atoms with Crippen LogP contribution in [0.3, 0.4) is 0 Å². The minimum Gasteiger partial charge on any atom is -0.309 e. The van der Waals surface area contributed by atoms with Crippen LogP contribution in [0.1, 0.15) is 0 Å². The summed E-state index contributed by atoms with van der Waals surface area (Å²) in [4.78, 5) is 5.61. The lowest BCUT2D eigenvalue weighted by atomic mass is 9.97. The van der Waals surface area contributed by atoms with Crippen LogP contribution in [0.25, 0.3) is 127 Å². The SMILES string of the molecule is c1ccc(-c2cc(-c3cccc(-c4ccc(-n5c6ccccc6c6ccccc65)cc4)c3)nc(-c3cc(-n4c5ccccc5c5ccccc54)cc(-n4c5ccccc5c5ccccc54)c3)c2)cc1. The maximum absolute atomic E-state index is 5.61. The molecule has 14 rings (SSSR count). The topological polar surface area (TPSA) is 27.7 Å². The largest absolute Gasteiger partial charge is 0.309 e. The Labute approximate surface area is 398 Å². The van der Waals surface area contributed by atoms with Crippen LogP contribution >= 0.6 is 0 Å². The molecule has 0 fully saturated rings. The average molecular weight is 879 g/mol. The summed E-state index contributed by atoms with van der Waals surface area (Å²) in [5.41, 5.74) is 18.8. The van der Waals surface area contributed by atoms with Gasteiger partial charge in [-0.05, 0) is 107 Å². The van der Waals surface area contributed by atoms with Crippen molar-refractivity contribution in [2.75, 3.05) is 0 Å². The molecule has 69 heavy (non-hydrogen) atoms. The second-order valence-corrected chi connectivity index (χ2v) is 18.0. The van der Waals surface area contributed by atoms with Gasteiger partial charge in [0.25, 0.3) is 0 Å². The summed E-state index contributed by atoms with van der Waals surface area (Å²) < 4.78 is 7.21. The van der Waals surface area contributed by atoms with Crippen LogP contribution in [0.15, 0.2) is 255 Å². The first-order chi connectivity index (χ1) is 34.2. The predicted octanol–water partition coefficient (Wildman–Crippen LogP) is 17.0. The Balaban J connectivity index is 0.953. The van der Waals surface area contributed by atoms with E-state index in [2.05, 4.69) is 268 Å². The molecule has 0 spiro atoms. The first kappa shape index (κ1) is 39.0. The molecule has 0 saturated heterocycles. The maximum Gasteiger partial charge on any atom is 0.0717 e. The van der Waals surface area contributed by atoms with E-state index < -0.39 is 0 Å². The molecule has 4 aromatic heterocycles. The smallest absolute Gasteiger partial charge is 0.0717 e. The van der Waals surface area contributed by atoms with Gasteiger partial charge in [0.2, 0.25) is 0 Å². The number of nitrogens with zero attached hydrogens (tertiary/aromatic N) is 4. The van der Waals surface area contributed by atoms with Crippen molar-refractivity contribution in [3.05, 3.63) is 255 Å². The van der Waals surface area contributed by atoms with Crippen LogP contribution in [0.5, 0.6) is 0 Å². The number of benzene rings is 10. The molecule has 0 aliphatic rings. The number of pyridine rings is 1. The van der Waals surface area contributed by atoms with Gasteiger partial charge >= 0.3 is 0 Å². The molecule has 0 amide bonds. The van der Waals surface area contributed by atoms with Gasteiger partial charge in [0.15, 0.2) is 0 Å². The Kier molecular flexibility index (Phi) is 8.86.